The predicted molar refractivity (Wildman–Crippen MR) is 78.8 cm³/mol. The Morgan fingerprint density at radius 3 is 2.86 bits per heavy atom. The first kappa shape index (κ1) is 15.8. The Hall–Kier alpha value is -1.59. The highest BCUT2D eigenvalue weighted by molar-refractivity contribution is 5.67. The van der Waals surface area contributed by atoms with Crippen molar-refractivity contribution in [2.45, 2.75) is 44.4 Å². The summed E-state index contributed by atoms with van der Waals surface area (Å²) in [6.07, 6.45) is 3.45. The fourth-order valence-electron chi connectivity index (χ4n) is 2.42. The van der Waals surface area contributed by atoms with Crippen molar-refractivity contribution in [3.05, 3.63) is 35.9 Å². The van der Waals surface area contributed by atoms with Crippen LogP contribution in [-0.4, -0.2) is 36.6 Å². The van der Waals surface area contributed by atoms with Crippen LogP contribution >= 0.6 is 0 Å². The van der Waals surface area contributed by atoms with Gasteiger partial charge in [0.15, 0.2) is 0 Å². The molecule has 5 heteroatoms. The zero-order valence-corrected chi connectivity index (χ0v) is 12.2. The summed E-state index contributed by atoms with van der Waals surface area (Å²) in [6, 6.07) is 9.17. The maximum atomic E-state index is 11.7. The first-order chi connectivity index (χ1) is 10.3. The molecule has 1 fully saturated rings. The molecule has 1 aromatic rings. The lowest BCUT2D eigenvalue weighted by molar-refractivity contribution is 0.00110. The fourth-order valence-corrected chi connectivity index (χ4v) is 2.42. The highest BCUT2D eigenvalue weighted by Gasteiger charge is 2.20. The van der Waals surface area contributed by atoms with E-state index in [9.17, 15) is 9.90 Å². The Balaban J connectivity index is 1.71. The Bertz CT molecular complexity index is 418. The molecule has 1 aliphatic heterocycles. The van der Waals surface area contributed by atoms with Crippen molar-refractivity contribution in [2.75, 3.05) is 13.2 Å². The number of benzene rings is 1. The molecule has 0 aliphatic carbocycles. The lowest BCUT2D eigenvalue weighted by Crippen LogP contribution is -2.41. The van der Waals surface area contributed by atoms with E-state index in [2.05, 4.69) is 5.32 Å². The first-order valence-corrected chi connectivity index (χ1v) is 7.47. The van der Waals surface area contributed by atoms with Crippen molar-refractivity contribution < 1.29 is 19.4 Å². The Morgan fingerprint density at radius 1 is 1.38 bits per heavy atom. The lowest BCUT2D eigenvalue weighted by Gasteiger charge is -2.26. The van der Waals surface area contributed by atoms with Gasteiger partial charge >= 0.3 is 6.09 Å². The minimum absolute atomic E-state index is 0.111. The quantitative estimate of drug-likeness (QED) is 0.844. The predicted octanol–water partition coefficient (Wildman–Crippen LogP) is 2.23. The normalized spacial score (nSPS) is 19.8. The van der Waals surface area contributed by atoms with Gasteiger partial charge < -0.3 is 19.9 Å². The summed E-state index contributed by atoms with van der Waals surface area (Å²) < 4.78 is 10.8. The molecule has 1 amide bonds. The number of aliphatic hydroxyl groups excluding tert-OH is 1. The SMILES string of the molecule is O=C(N[C@@H](CO)C[C@@H]1CCCCO1)OCc1ccccc1. The summed E-state index contributed by atoms with van der Waals surface area (Å²) in [6.45, 7) is 0.881. The zero-order valence-electron chi connectivity index (χ0n) is 12.2. The van der Waals surface area contributed by atoms with Gasteiger partial charge in [-0.15, -0.1) is 0 Å². The second-order valence-electron chi connectivity index (χ2n) is 5.31. The van der Waals surface area contributed by atoms with E-state index in [1.165, 1.54) is 0 Å². The summed E-state index contributed by atoms with van der Waals surface area (Å²) in [7, 11) is 0. The molecule has 21 heavy (non-hydrogen) atoms. The number of rotatable bonds is 6. The molecular formula is C16H23NO4. The molecule has 0 bridgehead atoms. The van der Waals surface area contributed by atoms with Crippen LogP contribution in [0.15, 0.2) is 30.3 Å². The zero-order chi connectivity index (χ0) is 14.9. The number of carbonyl (C=O) groups is 1. The lowest BCUT2D eigenvalue weighted by atomic mass is 10.0. The van der Waals surface area contributed by atoms with E-state index in [0.717, 1.165) is 31.4 Å². The van der Waals surface area contributed by atoms with Gasteiger partial charge in [-0.3, -0.25) is 0 Å². The third-order valence-electron chi connectivity index (χ3n) is 3.58. The monoisotopic (exact) mass is 293 g/mol. The molecular weight excluding hydrogens is 270 g/mol. The molecule has 5 nitrogen and oxygen atoms in total. The molecule has 0 spiro atoms. The molecule has 1 aliphatic rings. The van der Waals surface area contributed by atoms with Crippen molar-refractivity contribution in [1.82, 2.24) is 5.32 Å². The van der Waals surface area contributed by atoms with Crippen LogP contribution in [0.25, 0.3) is 0 Å². The topological polar surface area (TPSA) is 67.8 Å². The van der Waals surface area contributed by atoms with E-state index < -0.39 is 6.09 Å². The van der Waals surface area contributed by atoms with Crippen molar-refractivity contribution in [2.24, 2.45) is 0 Å². The third kappa shape index (κ3) is 5.73. The van der Waals surface area contributed by atoms with E-state index in [-0.39, 0.29) is 25.4 Å². The van der Waals surface area contributed by atoms with E-state index in [1.807, 2.05) is 30.3 Å². The second kappa shape index (κ2) is 8.64. The molecule has 0 saturated carbocycles. The third-order valence-corrected chi connectivity index (χ3v) is 3.58. The Kier molecular flexibility index (Phi) is 6.50. The van der Waals surface area contributed by atoms with Crippen LogP contribution in [0.1, 0.15) is 31.2 Å². The molecule has 0 aromatic heterocycles. The van der Waals surface area contributed by atoms with Crippen molar-refractivity contribution in [1.29, 1.82) is 0 Å². The largest absolute Gasteiger partial charge is 0.445 e. The van der Waals surface area contributed by atoms with Crippen LogP contribution in [0.5, 0.6) is 0 Å². The van der Waals surface area contributed by atoms with Crippen molar-refractivity contribution >= 4 is 6.09 Å². The molecule has 1 aromatic carbocycles. The number of amides is 1. The number of alkyl carbamates (subject to hydrolysis) is 1. The maximum absolute atomic E-state index is 11.7. The van der Waals surface area contributed by atoms with Gasteiger partial charge in [-0.05, 0) is 31.2 Å². The highest BCUT2D eigenvalue weighted by atomic mass is 16.5. The number of ether oxygens (including phenoxy) is 2. The number of aliphatic hydroxyl groups is 1. The molecule has 0 unspecified atom stereocenters. The molecule has 1 saturated heterocycles. The molecule has 2 rings (SSSR count). The summed E-state index contributed by atoms with van der Waals surface area (Å²) in [4.78, 5) is 11.7. The van der Waals surface area contributed by atoms with Crippen LogP contribution in [0.2, 0.25) is 0 Å². The van der Waals surface area contributed by atoms with Gasteiger partial charge in [0.05, 0.1) is 18.8 Å². The van der Waals surface area contributed by atoms with Crippen LogP contribution in [0.4, 0.5) is 4.79 Å². The van der Waals surface area contributed by atoms with E-state index >= 15 is 0 Å². The highest BCUT2D eigenvalue weighted by Crippen LogP contribution is 2.17. The van der Waals surface area contributed by atoms with Gasteiger partial charge in [-0.1, -0.05) is 30.3 Å². The summed E-state index contributed by atoms with van der Waals surface area (Å²) in [5.74, 6) is 0. The number of hydrogen-bond donors (Lipinski definition) is 2. The van der Waals surface area contributed by atoms with Crippen molar-refractivity contribution in [3.63, 3.8) is 0 Å². The Labute approximate surface area is 125 Å². The van der Waals surface area contributed by atoms with E-state index in [1.54, 1.807) is 0 Å². The molecule has 0 radical (unpaired) electrons. The molecule has 2 N–H and O–H groups in total. The minimum atomic E-state index is -0.506. The van der Waals surface area contributed by atoms with Gasteiger partial charge in [-0.2, -0.15) is 0 Å². The van der Waals surface area contributed by atoms with Gasteiger partial charge in [0.1, 0.15) is 6.61 Å². The average Bonchev–Trinajstić information content (AvgIpc) is 2.54. The molecule has 2 atom stereocenters. The Morgan fingerprint density at radius 2 is 2.19 bits per heavy atom. The van der Waals surface area contributed by atoms with Gasteiger partial charge in [0.2, 0.25) is 0 Å². The van der Waals surface area contributed by atoms with Gasteiger partial charge in [0, 0.05) is 6.61 Å². The van der Waals surface area contributed by atoms with Crippen molar-refractivity contribution in [3.8, 4) is 0 Å². The van der Waals surface area contributed by atoms with Gasteiger partial charge in [-0.25, -0.2) is 4.79 Å². The van der Waals surface area contributed by atoms with Crippen LogP contribution in [0.3, 0.4) is 0 Å². The molecule has 1 heterocycles. The maximum Gasteiger partial charge on any atom is 0.407 e. The van der Waals surface area contributed by atoms with E-state index in [0.29, 0.717) is 6.42 Å². The van der Waals surface area contributed by atoms with E-state index in [4.69, 9.17) is 9.47 Å². The number of nitrogens with one attached hydrogen (secondary N) is 1. The van der Waals surface area contributed by atoms with Crippen LogP contribution in [-0.2, 0) is 16.1 Å². The standard InChI is InChI=1S/C16H23NO4/c18-11-14(10-15-8-4-5-9-20-15)17-16(19)21-12-13-6-2-1-3-7-13/h1-3,6-7,14-15,18H,4-5,8-12H2,(H,17,19)/t14-,15+/m1/s1. The second-order valence-corrected chi connectivity index (χ2v) is 5.31. The number of carbonyl (C=O) groups excluding carboxylic acids is 1. The van der Waals surface area contributed by atoms with Gasteiger partial charge in [0.25, 0.3) is 0 Å². The first-order valence-electron chi connectivity index (χ1n) is 7.47. The summed E-state index contributed by atoms with van der Waals surface area (Å²) in [5, 5.41) is 12.1. The summed E-state index contributed by atoms with van der Waals surface area (Å²) >= 11 is 0. The fraction of sp³-hybridized carbons (Fsp3) is 0.562. The molecule has 116 valence electrons. The summed E-state index contributed by atoms with van der Waals surface area (Å²) in [5.41, 5.74) is 0.934. The average molecular weight is 293 g/mol. The van der Waals surface area contributed by atoms with Crippen LogP contribution < -0.4 is 5.32 Å². The van der Waals surface area contributed by atoms with Crippen LogP contribution in [0, 0.1) is 0 Å². The smallest absolute Gasteiger partial charge is 0.407 e. The number of hydrogen-bond acceptors (Lipinski definition) is 4. The minimum Gasteiger partial charge on any atom is -0.445 e.